The van der Waals surface area contributed by atoms with Gasteiger partial charge in [-0.2, -0.15) is 5.10 Å². The van der Waals surface area contributed by atoms with E-state index in [-0.39, 0.29) is 5.91 Å². The van der Waals surface area contributed by atoms with Crippen LogP contribution in [0, 0.1) is 6.92 Å². The van der Waals surface area contributed by atoms with Gasteiger partial charge in [0, 0.05) is 0 Å². The number of hydrogen-bond acceptors (Lipinski definition) is 4. The van der Waals surface area contributed by atoms with Gasteiger partial charge in [0.2, 0.25) is 0 Å². The number of rotatable bonds is 8. The lowest BCUT2D eigenvalue weighted by Crippen LogP contribution is -2.19. The molecular weight excluding hydrogens is 364 g/mol. The Bertz CT molecular complexity index is 1030. The molecule has 0 fully saturated rings. The van der Waals surface area contributed by atoms with E-state index in [4.69, 9.17) is 9.47 Å². The summed E-state index contributed by atoms with van der Waals surface area (Å²) in [5.41, 5.74) is 5.00. The Balaban J connectivity index is 1.77. The summed E-state index contributed by atoms with van der Waals surface area (Å²) in [6.07, 6.45) is 2.53. The second-order valence-corrected chi connectivity index (χ2v) is 6.67. The quantitative estimate of drug-likeness (QED) is 0.430. The van der Waals surface area contributed by atoms with Crippen molar-refractivity contribution in [3.8, 4) is 11.5 Å². The van der Waals surface area contributed by atoms with E-state index < -0.39 is 0 Å². The van der Waals surface area contributed by atoms with Crippen LogP contribution in [0.1, 0.15) is 41.8 Å². The fourth-order valence-electron chi connectivity index (χ4n) is 3.11. The van der Waals surface area contributed by atoms with Crippen LogP contribution in [0.3, 0.4) is 0 Å². The van der Waals surface area contributed by atoms with Gasteiger partial charge in [0.1, 0.15) is 0 Å². The van der Waals surface area contributed by atoms with Gasteiger partial charge in [0.25, 0.3) is 5.91 Å². The van der Waals surface area contributed by atoms with Crippen molar-refractivity contribution in [3.05, 3.63) is 71.3 Å². The maximum Gasteiger partial charge on any atom is 0.272 e. The molecule has 0 radical (unpaired) electrons. The van der Waals surface area contributed by atoms with Gasteiger partial charge < -0.3 is 9.47 Å². The molecule has 0 saturated carbocycles. The van der Waals surface area contributed by atoms with E-state index in [0.29, 0.717) is 30.3 Å². The van der Waals surface area contributed by atoms with Crippen LogP contribution in [0.4, 0.5) is 0 Å². The summed E-state index contributed by atoms with van der Waals surface area (Å²) >= 11 is 0. The minimum absolute atomic E-state index is 0.233. The van der Waals surface area contributed by atoms with Crippen molar-refractivity contribution in [1.82, 2.24) is 5.43 Å². The SMILES string of the molecule is CCCOc1ccc(/C=N\NC(=O)c2c(C)ccc3ccccc23)cc1OCC. The Kier molecular flexibility index (Phi) is 6.85. The Labute approximate surface area is 171 Å². The molecule has 1 amide bonds. The Hall–Kier alpha value is -3.34. The smallest absolute Gasteiger partial charge is 0.272 e. The number of aryl methyl sites for hydroxylation is 1. The van der Waals surface area contributed by atoms with Crippen molar-refractivity contribution in [2.45, 2.75) is 27.2 Å². The lowest BCUT2D eigenvalue weighted by Gasteiger charge is -2.12. The summed E-state index contributed by atoms with van der Waals surface area (Å²) in [6.45, 7) is 7.08. The predicted molar refractivity (Wildman–Crippen MR) is 117 cm³/mol. The summed E-state index contributed by atoms with van der Waals surface area (Å²) in [7, 11) is 0. The van der Waals surface area contributed by atoms with E-state index in [2.05, 4.69) is 17.5 Å². The molecule has 1 N–H and O–H groups in total. The maximum atomic E-state index is 12.7. The molecule has 0 bridgehead atoms. The highest BCUT2D eigenvalue weighted by molar-refractivity contribution is 6.08. The molecule has 0 aliphatic carbocycles. The van der Waals surface area contributed by atoms with Gasteiger partial charge in [-0.25, -0.2) is 5.43 Å². The monoisotopic (exact) mass is 390 g/mol. The molecule has 0 saturated heterocycles. The number of carbonyl (C=O) groups is 1. The fraction of sp³-hybridized carbons (Fsp3) is 0.250. The number of hydrogen-bond donors (Lipinski definition) is 1. The van der Waals surface area contributed by atoms with Gasteiger partial charge in [0.05, 0.1) is 25.0 Å². The highest BCUT2D eigenvalue weighted by atomic mass is 16.5. The maximum absolute atomic E-state index is 12.7. The number of nitrogens with one attached hydrogen (secondary N) is 1. The van der Waals surface area contributed by atoms with Gasteiger partial charge in [-0.3, -0.25) is 4.79 Å². The van der Waals surface area contributed by atoms with Crippen LogP contribution in [-0.4, -0.2) is 25.3 Å². The van der Waals surface area contributed by atoms with E-state index in [0.717, 1.165) is 28.3 Å². The van der Waals surface area contributed by atoms with Crippen molar-refractivity contribution >= 4 is 22.9 Å². The molecule has 29 heavy (non-hydrogen) atoms. The first-order valence-electron chi connectivity index (χ1n) is 9.85. The third kappa shape index (κ3) is 4.93. The summed E-state index contributed by atoms with van der Waals surface area (Å²) in [5, 5.41) is 6.08. The summed E-state index contributed by atoms with van der Waals surface area (Å²) in [6, 6.07) is 17.4. The summed E-state index contributed by atoms with van der Waals surface area (Å²) < 4.78 is 11.4. The molecule has 0 spiro atoms. The Morgan fingerprint density at radius 1 is 1.03 bits per heavy atom. The lowest BCUT2D eigenvalue weighted by molar-refractivity contribution is 0.0956. The van der Waals surface area contributed by atoms with Crippen LogP contribution in [-0.2, 0) is 0 Å². The van der Waals surface area contributed by atoms with Gasteiger partial charge in [-0.1, -0.05) is 43.3 Å². The number of benzene rings is 3. The van der Waals surface area contributed by atoms with E-state index in [1.54, 1.807) is 6.21 Å². The molecule has 5 heteroatoms. The minimum atomic E-state index is -0.233. The molecule has 0 aliphatic heterocycles. The topological polar surface area (TPSA) is 59.9 Å². The van der Waals surface area contributed by atoms with Crippen molar-refractivity contribution in [2.75, 3.05) is 13.2 Å². The molecule has 150 valence electrons. The third-order valence-corrected chi connectivity index (χ3v) is 4.47. The number of nitrogens with zero attached hydrogens (tertiary/aromatic N) is 1. The van der Waals surface area contributed by atoms with E-state index in [1.165, 1.54) is 0 Å². The number of amides is 1. The summed E-state index contributed by atoms with van der Waals surface area (Å²) in [5.74, 6) is 1.14. The average molecular weight is 390 g/mol. The van der Waals surface area contributed by atoms with Crippen LogP contribution < -0.4 is 14.9 Å². The van der Waals surface area contributed by atoms with Crippen molar-refractivity contribution in [3.63, 3.8) is 0 Å². The highest BCUT2D eigenvalue weighted by Gasteiger charge is 2.12. The Morgan fingerprint density at radius 2 is 1.86 bits per heavy atom. The standard InChI is InChI=1S/C24H26N2O3/c1-4-14-29-21-13-11-18(15-22(21)28-5-2)16-25-26-24(27)23-17(3)10-12-19-8-6-7-9-20(19)23/h6-13,15-16H,4-5,14H2,1-3H3,(H,26,27)/b25-16-. The first kappa shape index (κ1) is 20.4. The molecule has 3 rings (SSSR count). The van der Waals surface area contributed by atoms with Gasteiger partial charge in [-0.15, -0.1) is 0 Å². The number of hydrazone groups is 1. The molecule has 3 aromatic rings. The van der Waals surface area contributed by atoms with Crippen molar-refractivity contribution < 1.29 is 14.3 Å². The zero-order valence-electron chi connectivity index (χ0n) is 17.1. The zero-order valence-corrected chi connectivity index (χ0v) is 17.1. The van der Waals surface area contributed by atoms with Crippen LogP contribution >= 0.6 is 0 Å². The normalized spacial score (nSPS) is 11.0. The largest absolute Gasteiger partial charge is 0.490 e. The average Bonchev–Trinajstić information content (AvgIpc) is 2.73. The fourth-order valence-corrected chi connectivity index (χ4v) is 3.11. The second-order valence-electron chi connectivity index (χ2n) is 6.67. The summed E-state index contributed by atoms with van der Waals surface area (Å²) in [4.78, 5) is 12.7. The molecular formula is C24H26N2O3. The molecule has 0 aromatic heterocycles. The first-order chi connectivity index (χ1) is 14.1. The molecule has 5 nitrogen and oxygen atoms in total. The molecule has 3 aromatic carbocycles. The number of ether oxygens (including phenoxy) is 2. The van der Waals surface area contributed by atoms with Gasteiger partial charge in [-0.05, 0) is 60.4 Å². The highest BCUT2D eigenvalue weighted by Crippen LogP contribution is 2.28. The van der Waals surface area contributed by atoms with Crippen LogP contribution in [0.15, 0.2) is 59.7 Å². The first-order valence-corrected chi connectivity index (χ1v) is 9.85. The zero-order chi connectivity index (χ0) is 20.6. The lowest BCUT2D eigenvalue weighted by atomic mass is 9.99. The van der Waals surface area contributed by atoms with Crippen molar-refractivity contribution in [2.24, 2.45) is 5.10 Å². The second kappa shape index (κ2) is 9.73. The van der Waals surface area contributed by atoms with Gasteiger partial charge in [0.15, 0.2) is 11.5 Å². The van der Waals surface area contributed by atoms with Crippen LogP contribution in [0.5, 0.6) is 11.5 Å². The number of fused-ring (bicyclic) bond motifs is 1. The molecule has 0 unspecified atom stereocenters. The van der Waals surface area contributed by atoms with Crippen molar-refractivity contribution in [1.29, 1.82) is 0 Å². The number of carbonyl (C=O) groups excluding carboxylic acids is 1. The molecule has 0 aliphatic rings. The van der Waals surface area contributed by atoms with E-state index in [9.17, 15) is 4.79 Å². The predicted octanol–water partition coefficient (Wildman–Crippen LogP) is 5.10. The van der Waals surface area contributed by atoms with E-state index in [1.807, 2.05) is 68.4 Å². The van der Waals surface area contributed by atoms with E-state index >= 15 is 0 Å². The Morgan fingerprint density at radius 3 is 2.66 bits per heavy atom. The van der Waals surface area contributed by atoms with Crippen LogP contribution in [0.25, 0.3) is 10.8 Å². The molecule has 0 heterocycles. The third-order valence-electron chi connectivity index (χ3n) is 4.47. The minimum Gasteiger partial charge on any atom is -0.490 e. The van der Waals surface area contributed by atoms with Crippen LogP contribution in [0.2, 0.25) is 0 Å². The van der Waals surface area contributed by atoms with Gasteiger partial charge >= 0.3 is 0 Å². The molecule has 0 atom stereocenters.